The highest BCUT2D eigenvalue weighted by Crippen LogP contribution is 2.46. The van der Waals surface area contributed by atoms with Crippen molar-refractivity contribution in [1.29, 1.82) is 5.26 Å². The standard InChI is InChI=1S/C21H21N5O2/c1-4-28-20(27)21-13-25(12-16-8-6-5-7-9-16)15(3)18(21)14(2)24-19-17(10-22)11-23-26(19)21/h5-9,11H,4,12-13H2,1-3H3. The number of ether oxygens (including phenoxy) is 1. The number of nitriles is 1. The van der Waals surface area contributed by atoms with Crippen LogP contribution < -0.4 is 0 Å². The number of carbonyl (C=O) groups is 1. The third-order valence-corrected chi connectivity index (χ3v) is 5.36. The smallest absolute Gasteiger partial charge is 0.340 e. The molecule has 1 aromatic heterocycles. The Morgan fingerprint density at radius 1 is 1.32 bits per heavy atom. The Hall–Kier alpha value is -3.40. The Morgan fingerprint density at radius 2 is 2.07 bits per heavy atom. The third kappa shape index (κ3) is 2.45. The van der Waals surface area contributed by atoms with Crippen molar-refractivity contribution >= 4 is 17.5 Å². The molecule has 3 heterocycles. The summed E-state index contributed by atoms with van der Waals surface area (Å²) in [5.74, 6) is 0.0363. The van der Waals surface area contributed by atoms with Gasteiger partial charge in [-0.3, -0.25) is 0 Å². The second-order valence-electron chi connectivity index (χ2n) is 6.99. The number of nitrogens with zero attached hydrogens (tertiary/aromatic N) is 5. The molecule has 142 valence electrons. The molecule has 0 fully saturated rings. The van der Waals surface area contributed by atoms with Crippen LogP contribution >= 0.6 is 0 Å². The maximum atomic E-state index is 13.3. The van der Waals surface area contributed by atoms with E-state index in [1.807, 2.05) is 32.0 Å². The van der Waals surface area contributed by atoms with Crippen LogP contribution in [0.3, 0.4) is 0 Å². The van der Waals surface area contributed by atoms with Gasteiger partial charge < -0.3 is 9.64 Å². The van der Waals surface area contributed by atoms with Gasteiger partial charge in [0.1, 0.15) is 11.6 Å². The predicted molar refractivity (Wildman–Crippen MR) is 104 cm³/mol. The van der Waals surface area contributed by atoms with E-state index in [1.54, 1.807) is 11.6 Å². The zero-order valence-electron chi connectivity index (χ0n) is 16.1. The molecule has 4 rings (SSSR count). The van der Waals surface area contributed by atoms with E-state index in [4.69, 9.17) is 4.74 Å². The van der Waals surface area contributed by atoms with Gasteiger partial charge in [-0.05, 0) is 26.3 Å². The van der Waals surface area contributed by atoms with Gasteiger partial charge in [0.15, 0.2) is 5.82 Å². The van der Waals surface area contributed by atoms with Crippen molar-refractivity contribution in [2.45, 2.75) is 32.9 Å². The summed E-state index contributed by atoms with van der Waals surface area (Å²) >= 11 is 0. The van der Waals surface area contributed by atoms with Crippen molar-refractivity contribution in [3.05, 3.63) is 58.9 Å². The lowest BCUT2D eigenvalue weighted by atomic mass is 9.87. The number of aliphatic imine (C=N–C) groups is 1. The quantitative estimate of drug-likeness (QED) is 0.767. The molecule has 0 N–H and O–H groups in total. The number of allylic oxidation sites excluding steroid dienone is 1. The fourth-order valence-corrected chi connectivity index (χ4v) is 4.17. The molecule has 7 heteroatoms. The highest BCUT2D eigenvalue weighted by atomic mass is 16.5. The molecule has 0 radical (unpaired) electrons. The summed E-state index contributed by atoms with van der Waals surface area (Å²) in [7, 11) is 0. The zero-order valence-corrected chi connectivity index (χ0v) is 16.1. The highest BCUT2D eigenvalue weighted by molar-refractivity contribution is 6.09. The normalized spacial score (nSPS) is 20.4. The molecule has 28 heavy (non-hydrogen) atoms. The Balaban J connectivity index is 1.87. The Bertz CT molecular complexity index is 1040. The van der Waals surface area contributed by atoms with Gasteiger partial charge in [0.25, 0.3) is 0 Å². The summed E-state index contributed by atoms with van der Waals surface area (Å²) in [6, 6.07) is 12.2. The largest absolute Gasteiger partial charge is 0.464 e. The van der Waals surface area contributed by atoms with Gasteiger partial charge in [0.05, 0.1) is 19.3 Å². The van der Waals surface area contributed by atoms with E-state index in [1.165, 1.54) is 6.20 Å². The number of hydrogen-bond acceptors (Lipinski definition) is 6. The number of aromatic nitrogens is 2. The van der Waals surface area contributed by atoms with Gasteiger partial charge in [-0.25, -0.2) is 14.5 Å². The zero-order chi connectivity index (χ0) is 19.9. The monoisotopic (exact) mass is 375 g/mol. The number of fused-ring (bicyclic) bond motifs is 3. The van der Waals surface area contributed by atoms with Gasteiger partial charge in [0, 0.05) is 23.5 Å². The SMILES string of the molecule is CCOC(=O)C12CN(Cc3ccccc3)C(C)=C1C(C)=Nc1c(C#N)cnn12. The van der Waals surface area contributed by atoms with Crippen LogP contribution in [0.4, 0.5) is 5.82 Å². The molecule has 0 aliphatic carbocycles. The van der Waals surface area contributed by atoms with E-state index in [-0.39, 0.29) is 12.6 Å². The summed E-state index contributed by atoms with van der Waals surface area (Å²) in [5.41, 5.74) is 2.85. The topological polar surface area (TPSA) is 83.5 Å². The van der Waals surface area contributed by atoms with E-state index < -0.39 is 5.54 Å². The summed E-state index contributed by atoms with van der Waals surface area (Å²) in [6.07, 6.45) is 1.46. The predicted octanol–water partition coefficient (Wildman–Crippen LogP) is 2.91. The fraction of sp³-hybridized carbons (Fsp3) is 0.333. The number of hydrogen-bond donors (Lipinski definition) is 0. The van der Waals surface area contributed by atoms with Crippen LogP contribution in [-0.4, -0.2) is 39.5 Å². The van der Waals surface area contributed by atoms with E-state index >= 15 is 0 Å². The minimum Gasteiger partial charge on any atom is -0.464 e. The fourth-order valence-electron chi connectivity index (χ4n) is 4.17. The number of rotatable bonds is 4. The van der Waals surface area contributed by atoms with E-state index in [0.29, 0.717) is 30.2 Å². The molecule has 0 spiro atoms. The first-order chi connectivity index (χ1) is 13.5. The Kier molecular flexibility index (Phi) is 4.27. The first-order valence-electron chi connectivity index (χ1n) is 9.24. The van der Waals surface area contributed by atoms with Gasteiger partial charge >= 0.3 is 5.97 Å². The Morgan fingerprint density at radius 3 is 2.75 bits per heavy atom. The van der Waals surface area contributed by atoms with Gasteiger partial charge in [-0.1, -0.05) is 30.3 Å². The summed E-state index contributed by atoms with van der Waals surface area (Å²) in [5, 5.41) is 13.8. The summed E-state index contributed by atoms with van der Waals surface area (Å²) < 4.78 is 7.05. The van der Waals surface area contributed by atoms with Crippen LogP contribution in [-0.2, 0) is 21.6 Å². The van der Waals surface area contributed by atoms with Crippen molar-refractivity contribution < 1.29 is 9.53 Å². The van der Waals surface area contributed by atoms with Gasteiger partial charge in [-0.15, -0.1) is 0 Å². The molecular formula is C21H21N5O2. The number of benzene rings is 1. The average molecular weight is 375 g/mol. The summed E-state index contributed by atoms with van der Waals surface area (Å²) in [4.78, 5) is 20.0. The molecule has 2 aliphatic rings. The van der Waals surface area contributed by atoms with Crippen LogP contribution in [0.25, 0.3) is 0 Å². The highest BCUT2D eigenvalue weighted by Gasteiger charge is 2.56. The molecule has 0 saturated heterocycles. The van der Waals surface area contributed by atoms with E-state index in [0.717, 1.165) is 16.8 Å². The lowest BCUT2D eigenvalue weighted by Gasteiger charge is -2.34. The second kappa shape index (κ2) is 6.64. The van der Waals surface area contributed by atoms with E-state index in [9.17, 15) is 10.1 Å². The van der Waals surface area contributed by atoms with Gasteiger partial charge in [0.2, 0.25) is 5.54 Å². The molecule has 1 unspecified atom stereocenters. The third-order valence-electron chi connectivity index (χ3n) is 5.36. The molecule has 2 aliphatic heterocycles. The lowest BCUT2D eigenvalue weighted by molar-refractivity contribution is -0.152. The maximum Gasteiger partial charge on any atom is 0.340 e. The first-order valence-corrected chi connectivity index (χ1v) is 9.24. The molecule has 2 aromatic rings. The van der Waals surface area contributed by atoms with Crippen molar-refractivity contribution in [3.63, 3.8) is 0 Å². The molecular weight excluding hydrogens is 354 g/mol. The van der Waals surface area contributed by atoms with Crippen molar-refractivity contribution in [2.24, 2.45) is 4.99 Å². The number of esters is 1. The maximum absolute atomic E-state index is 13.3. The lowest BCUT2D eigenvalue weighted by Crippen LogP contribution is -2.51. The Labute approximate surface area is 163 Å². The molecule has 0 saturated carbocycles. The van der Waals surface area contributed by atoms with Crippen molar-refractivity contribution in [1.82, 2.24) is 14.7 Å². The van der Waals surface area contributed by atoms with Crippen LogP contribution in [0.15, 0.2) is 52.8 Å². The molecule has 7 nitrogen and oxygen atoms in total. The van der Waals surface area contributed by atoms with Gasteiger partial charge in [-0.2, -0.15) is 10.4 Å². The van der Waals surface area contributed by atoms with Crippen molar-refractivity contribution in [2.75, 3.05) is 13.2 Å². The minimum atomic E-state index is -1.13. The molecule has 1 atom stereocenters. The van der Waals surface area contributed by atoms with Crippen LogP contribution in [0.5, 0.6) is 0 Å². The first kappa shape index (κ1) is 18.0. The van der Waals surface area contributed by atoms with Crippen LogP contribution in [0.2, 0.25) is 0 Å². The average Bonchev–Trinajstić information content (AvgIpc) is 3.23. The van der Waals surface area contributed by atoms with Crippen LogP contribution in [0, 0.1) is 11.3 Å². The molecule has 0 amide bonds. The molecule has 1 aromatic carbocycles. The number of carbonyl (C=O) groups excluding carboxylic acids is 1. The van der Waals surface area contributed by atoms with E-state index in [2.05, 4.69) is 33.2 Å². The second-order valence-corrected chi connectivity index (χ2v) is 6.99. The van der Waals surface area contributed by atoms with Crippen molar-refractivity contribution in [3.8, 4) is 6.07 Å². The van der Waals surface area contributed by atoms with Crippen LogP contribution in [0.1, 0.15) is 31.9 Å². The molecule has 0 bridgehead atoms. The minimum absolute atomic E-state index is 0.267. The summed E-state index contributed by atoms with van der Waals surface area (Å²) in [6.45, 7) is 6.97.